The van der Waals surface area contributed by atoms with E-state index >= 15 is 0 Å². The number of carbonyl (C=O) groups is 3. The molecule has 32 heavy (non-hydrogen) atoms. The van der Waals surface area contributed by atoms with Crippen LogP contribution in [0.4, 0.5) is 5.69 Å². The van der Waals surface area contributed by atoms with Crippen molar-refractivity contribution in [2.45, 2.75) is 46.6 Å². The summed E-state index contributed by atoms with van der Waals surface area (Å²) < 4.78 is 5.29. The van der Waals surface area contributed by atoms with Gasteiger partial charge in [0.1, 0.15) is 6.04 Å². The van der Waals surface area contributed by atoms with Crippen LogP contribution in [0.5, 0.6) is 0 Å². The Morgan fingerprint density at radius 2 is 1.84 bits per heavy atom. The number of aryl methyl sites for hydroxylation is 2. The Kier molecular flexibility index (Phi) is 7.72. The molecule has 1 fully saturated rings. The second-order valence-corrected chi connectivity index (χ2v) is 8.79. The second kappa shape index (κ2) is 10.3. The zero-order chi connectivity index (χ0) is 23.4. The topological polar surface area (TPSA) is 95.9 Å². The van der Waals surface area contributed by atoms with Gasteiger partial charge in [0.2, 0.25) is 11.8 Å². The number of hydrogen-bond donors (Lipinski definition) is 2. The van der Waals surface area contributed by atoms with Crippen LogP contribution in [0.3, 0.4) is 0 Å². The zero-order valence-corrected chi connectivity index (χ0v) is 19.3. The Morgan fingerprint density at radius 3 is 2.47 bits per heavy atom. The lowest BCUT2D eigenvalue weighted by Gasteiger charge is -2.32. The third-order valence-corrected chi connectivity index (χ3v) is 6.64. The lowest BCUT2D eigenvalue weighted by Crippen LogP contribution is -2.45. The number of benzene rings is 1. The number of carbonyl (C=O) groups excluding carboxylic acids is 3. The van der Waals surface area contributed by atoms with Gasteiger partial charge in [-0.05, 0) is 50.7 Å². The minimum absolute atomic E-state index is 0.0243. The molecule has 0 saturated carbocycles. The first-order valence-electron chi connectivity index (χ1n) is 11.4. The molecule has 1 saturated heterocycles. The average molecular weight is 443 g/mol. The van der Waals surface area contributed by atoms with Gasteiger partial charge in [0.15, 0.2) is 0 Å². The smallest absolute Gasteiger partial charge is 0.310 e. The number of nitrogens with zero attached hydrogens (tertiary/aromatic N) is 1. The van der Waals surface area contributed by atoms with Gasteiger partial charge in [0, 0.05) is 24.8 Å². The van der Waals surface area contributed by atoms with Crippen molar-refractivity contribution < 1.29 is 24.2 Å². The summed E-state index contributed by atoms with van der Waals surface area (Å²) in [7, 11) is 0. The van der Waals surface area contributed by atoms with Crippen molar-refractivity contribution in [3.05, 3.63) is 41.5 Å². The zero-order valence-electron chi connectivity index (χ0n) is 19.3. The van der Waals surface area contributed by atoms with E-state index in [1.165, 1.54) is 0 Å². The highest BCUT2D eigenvalue weighted by atomic mass is 16.5. The van der Waals surface area contributed by atoms with Gasteiger partial charge >= 0.3 is 5.97 Å². The number of para-hydroxylation sites is 1. The number of fused-ring (bicyclic) bond motifs is 1. The molecular weight excluding hydrogens is 408 g/mol. The summed E-state index contributed by atoms with van der Waals surface area (Å²) in [6.07, 6.45) is 4.96. The average Bonchev–Trinajstić information content (AvgIpc) is 3.03. The molecule has 7 nitrogen and oxygen atoms in total. The highest BCUT2D eigenvalue weighted by Gasteiger charge is 2.56. The van der Waals surface area contributed by atoms with Crippen molar-refractivity contribution in [3.8, 4) is 0 Å². The molecule has 3 rings (SSSR count). The maximum atomic E-state index is 13.5. The lowest BCUT2D eigenvalue weighted by atomic mass is 9.70. The summed E-state index contributed by atoms with van der Waals surface area (Å²) in [5.74, 6) is -2.64. The van der Waals surface area contributed by atoms with Gasteiger partial charge < -0.3 is 20.1 Å². The standard InChI is InChI=1S/C25H34N2O5/c1-5-32-25(31)19-15(2)11-12-18-20(19)24(30)27(13-6-7-14-28)22(18)23(29)26-21-16(3)9-8-10-17(21)4/h8-12,15,18-20,22,28H,5-7,13-14H2,1-4H3,(H,26,29)/t15-,18+,19-,20+,22+/m1/s1. The minimum Gasteiger partial charge on any atom is -0.466 e. The van der Waals surface area contributed by atoms with E-state index < -0.39 is 23.8 Å². The van der Waals surface area contributed by atoms with Gasteiger partial charge in [0.05, 0.1) is 18.4 Å². The Morgan fingerprint density at radius 1 is 1.16 bits per heavy atom. The van der Waals surface area contributed by atoms with Crippen molar-refractivity contribution in [3.63, 3.8) is 0 Å². The van der Waals surface area contributed by atoms with Gasteiger partial charge in [-0.15, -0.1) is 0 Å². The molecule has 7 heteroatoms. The third-order valence-electron chi connectivity index (χ3n) is 6.64. The summed E-state index contributed by atoms with van der Waals surface area (Å²) in [6.45, 7) is 8.14. The van der Waals surface area contributed by atoms with Crippen LogP contribution in [0.1, 0.15) is 37.8 Å². The first-order chi connectivity index (χ1) is 15.3. The Hall–Kier alpha value is -2.67. The van der Waals surface area contributed by atoms with Crippen LogP contribution in [0.15, 0.2) is 30.4 Å². The van der Waals surface area contributed by atoms with Gasteiger partial charge in [-0.25, -0.2) is 0 Å². The van der Waals surface area contributed by atoms with Gasteiger partial charge in [-0.3, -0.25) is 14.4 Å². The molecule has 2 amide bonds. The van der Waals surface area contributed by atoms with Crippen LogP contribution in [0, 0.1) is 37.5 Å². The fourth-order valence-corrected chi connectivity index (χ4v) is 5.03. The van der Waals surface area contributed by atoms with E-state index in [1.807, 2.05) is 51.1 Å². The van der Waals surface area contributed by atoms with E-state index in [0.29, 0.717) is 19.4 Å². The van der Waals surface area contributed by atoms with Crippen molar-refractivity contribution in [1.29, 1.82) is 0 Å². The fourth-order valence-electron chi connectivity index (χ4n) is 5.03. The largest absolute Gasteiger partial charge is 0.466 e. The molecule has 1 aliphatic carbocycles. The first-order valence-corrected chi connectivity index (χ1v) is 11.4. The molecule has 0 unspecified atom stereocenters. The van der Waals surface area contributed by atoms with Crippen LogP contribution in [0.2, 0.25) is 0 Å². The molecule has 0 bridgehead atoms. The number of rotatable bonds is 8. The third kappa shape index (κ3) is 4.58. The molecule has 1 aromatic carbocycles. The van der Waals surface area contributed by atoms with Crippen molar-refractivity contribution in [2.24, 2.45) is 23.7 Å². The number of unbranched alkanes of at least 4 members (excludes halogenated alkanes) is 1. The Balaban J connectivity index is 1.96. The Labute approximate surface area is 189 Å². The second-order valence-electron chi connectivity index (χ2n) is 8.79. The maximum Gasteiger partial charge on any atom is 0.310 e. The van der Waals surface area contributed by atoms with Crippen LogP contribution in [-0.4, -0.2) is 53.6 Å². The normalized spacial score (nSPS) is 26.7. The number of aliphatic hydroxyl groups is 1. The van der Waals surface area contributed by atoms with E-state index in [0.717, 1.165) is 16.8 Å². The van der Waals surface area contributed by atoms with Crippen molar-refractivity contribution >= 4 is 23.5 Å². The molecule has 0 spiro atoms. The number of likely N-dealkylation sites (tertiary alicyclic amines) is 1. The number of esters is 1. The van der Waals surface area contributed by atoms with Crippen LogP contribution in [-0.2, 0) is 19.1 Å². The molecule has 5 atom stereocenters. The summed E-state index contributed by atoms with van der Waals surface area (Å²) in [4.78, 5) is 41.4. The lowest BCUT2D eigenvalue weighted by molar-refractivity contribution is -0.155. The van der Waals surface area contributed by atoms with Gasteiger partial charge in [-0.2, -0.15) is 0 Å². The summed E-state index contributed by atoms with van der Waals surface area (Å²) in [6, 6.07) is 5.09. The molecule has 1 heterocycles. The van der Waals surface area contributed by atoms with Crippen LogP contribution >= 0.6 is 0 Å². The molecule has 1 aromatic rings. The highest BCUT2D eigenvalue weighted by Crippen LogP contribution is 2.44. The summed E-state index contributed by atoms with van der Waals surface area (Å²) >= 11 is 0. The number of anilines is 1. The molecule has 0 radical (unpaired) electrons. The fraction of sp³-hybridized carbons (Fsp3) is 0.560. The predicted molar refractivity (Wildman–Crippen MR) is 122 cm³/mol. The predicted octanol–water partition coefficient (Wildman–Crippen LogP) is 2.84. The maximum absolute atomic E-state index is 13.5. The number of ether oxygens (including phenoxy) is 1. The first kappa shape index (κ1) is 24.0. The number of amides is 2. The number of allylic oxidation sites excluding steroid dienone is 1. The van der Waals surface area contributed by atoms with Crippen molar-refractivity contribution in [2.75, 3.05) is 25.1 Å². The highest BCUT2D eigenvalue weighted by molar-refractivity contribution is 6.02. The van der Waals surface area contributed by atoms with Crippen molar-refractivity contribution in [1.82, 2.24) is 4.90 Å². The van der Waals surface area contributed by atoms with Gasteiger partial charge in [-0.1, -0.05) is 37.3 Å². The molecular formula is C25H34N2O5. The van der Waals surface area contributed by atoms with E-state index in [2.05, 4.69) is 5.32 Å². The SMILES string of the molecule is CCOC(=O)[C@H]1[C@H]2C(=O)N(CCCCO)[C@H](C(=O)Nc3c(C)cccc3C)[C@H]2C=C[C@H]1C. The Bertz CT molecular complexity index is 876. The number of aliphatic hydroxyl groups excluding tert-OH is 1. The number of hydrogen-bond acceptors (Lipinski definition) is 5. The molecule has 2 N–H and O–H groups in total. The molecule has 1 aliphatic heterocycles. The van der Waals surface area contributed by atoms with E-state index in [9.17, 15) is 19.5 Å². The van der Waals surface area contributed by atoms with Crippen LogP contribution < -0.4 is 5.32 Å². The monoisotopic (exact) mass is 442 g/mol. The molecule has 0 aromatic heterocycles. The molecule has 174 valence electrons. The van der Waals surface area contributed by atoms with E-state index in [1.54, 1.807) is 11.8 Å². The van der Waals surface area contributed by atoms with E-state index in [-0.39, 0.29) is 36.9 Å². The van der Waals surface area contributed by atoms with Gasteiger partial charge in [0.25, 0.3) is 0 Å². The summed E-state index contributed by atoms with van der Waals surface area (Å²) in [5.41, 5.74) is 2.64. The number of nitrogens with one attached hydrogen (secondary N) is 1. The quantitative estimate of drug-likeness (QED) is 0.367. The molecule has 2 aliphatic rings. The van der Waals surface area contributed by atoms with E-state index in [4.69, 9.17) is 4.74 Å². The minimum atomic E-state index is -0.717. The van der Waals surface area contributed by atoms with Crippen LogP contribution in [0.25, 0.3) is 0 Å². The summed E-state index contributed by atoms with van der Waals surface area (Å²) in [5, 5.41) is 12.2.